The van der Waals surface area contributed by atoms with E-state index in [1.165, 1.54) is 10.8 Å². The molecule has 9 heteroatoms. The van der Waals surface area contributed by atoms with Gasteiger partial charge in [-0.05, 0) is 34.2 Å². The lowest BCUT2D eigenvalue weighted by molar-refractivity contribution is -0.146. The van der Waals surface area contributed by atoms with Gasteiger partial charge >= 0.3 is 5.97 Å². The molecule has 4 rings (SSSR count). The average molecular weight is 396 g/mol. The lowest BCUT2D eigenvalue weighted by Crippen LogP contribution is -2.29. The number of tetrazole rings is 1. The smallest absolute Gasteiger partial charge is 0.331 e. The first-order chi connectivity index (χ1) is 13.5. The van der Waals surface area contributed by atoms with Gasteiger partial charge in [-0.1, -0.05) is 53.6 Å². The molecule has 1 aliphatic rings. The van der Waals surface area contributed by atoms with E-state index in [0.29, 0.717) is 11.3 Å². The third-order valence-corrected chi connectivity index (χ3v) is 6.05. The Morgan fingerprint density at radius 1 is 1.00 bits per heavy atom. The Hall–Kier alpha value is -3.33. The van der Waals surface area contributed by atoms with E-state index >= 15 is 0 Å². The average Bonchev–Trinajstić information content (AvgIpc) is 3.36. The molecule has 0 unspecified atom stereocenters. The van der Waals surface area contributed by atoms with Crippen LogP contribution in [0.4, 0.5) is 0 Å². The predicted octanol–water partition coefficient (Wildman–Crippen LogP) is 1.83. The number of hydrogen-bond donors (Lipinski definition) is 0. The second kappa shape index (κ2) is 7.01. The van der Waals surface area contributed by atoms with Gasteiger partial charge in [0.15, 0.2) is 5.60 Å². The standard InChI is InChI=1S/C19H16N4O4S/c24-17-11-12-19(27-17,15-7-3-1-4-8-15)13-14-28(25,26)18-20-21-22-23(18)16-9-5-2-6-10-16/h1-12H,13-14H2/t19-/m0/s1. The zero-order valence-electron chi connectivity index (χ0n) is 14.7. The molecule has 0 aliphatic carbocycles. The number of benzene rings is 2. The molecule has 3 aromatic rings. The molecule has 1 atom stereocenters. The number of para-hydroxylation sites is 1. The molecule has 8 nitrogen and oxygen atoms in total. The quantitative estimate of drug-likeness (QED) is 0.586. The molecule has 0 fully saturated rings. The highest BCUT2D eigenvalue weighted by atomic mass is 32.2. The molecule has 1 aliphatic heterocycles. The van der Waals surface area contributed by atoms with E-state index in [-0.39, 0.29) is 17.3 Å². The second-order valence-corrected chi connectivity index (χ2v) is 8.29. The Bertz CT molecular complexity index is 1130. The van der Waals surface area contributed by atoms with Crippen molar-refractivity contribution in [3.8, 4) is 5.69 Å². The Kier molecular flexibility index (Phi) is 4.52. The topological polar surface area (TPSA) is 104 Å². The number of carbonyl (C=O) groups is 1. The third kappa shape index (κ3) is 3.31. The minimum Gasteiger partial charge on any atom is -0.447 e. The number of sulfone groups is 1. The van der Waals surface area contributed by atoms with Crippen LogP contribution in [0.15, 0.2) is 78.0 Å². The molecule has 0 saturated carbocycles. The van der Waals surface area contributed by atoms with Crippen LogP contribution in [0.1, 0.15) is 12.0 Å². The first-order valence-electron chi connectivity index (χ1n) is 8.54. The van der Waals surface area contributed by atoms with Crippen LogP contribution in [-0.4, -0.2) is 40.3 Å². The van der Waals surface area contributed by atoms with Crippen LogP contribution in [-0.2, 0) is 25.0 Å². The molecule has 2 aromatic carbocycles. The Balaban J connectivity index is 1.63. The van der Waals surface area contributed by atoms with Crippen LogP contribution in [0, 0.1) is 0 Å². The summed E-state index contributed by atoms with van der Waals surface area (Å²) in [4.78, 5) is 11.7. The van der Waals surface area contributed by atoms with E-state index in [2.05, 4.69) is 15.5 Å². The van der Waals surface area contributed by atoms with E-state index in [9.17, 15) is 13.2 Å². The highest BCUT2D eigenvalue weighted by Crippen LogP contribution is 2.36. The summed E-state index contributed by atoms with van der Waals surface area (Å²) in [6.07, 6.45) is 2.96. The lowest BCUT2D eigenvalue weighted by Gasteiger charge is -2.27. The molecular formula is C19H16N4O4S. The molecule has 0 saturated heterocycles. The zero-order chi connectivity index (χ0) is 19.6. The Labute approximate surface area is 161 Å². The summed E-state index contributed by atoms with van der Waals surface area (Å²) in [5.41, 5.74) is 0.113. The van der Waals surface area contributed by atoms with Crippen molar-refractivity contribution in [2.45, 2.75) is 17.2 Å². The molecule has 1 aromatic heterocycles. The molecule has 2 heterocycles. The molecule has 0 radical (unpaired) electrons. The van der Waals surface area contributed by atoms with Crippen molar-refractivity contribution in [3.05, 3.63) is 78.4 Å². The Morgan fingerprint density at radius 3 is 2.32 bits per heavy atom. The first-order valence-corrected chi connectivity index (χ1v) is 10.2. The lowest BCUT2D eigenvalue weighted by atomic mass is 9.91. The third-order valence-electron chi connectivity index (χ3n) is 4.50. The molecule has 0 amide bonds. The molecule has 0 N–H and O–H groups in total. The minimum atomic E-state index is -3.85. The van der Waals surface area contributed by atoms with Crippen molar-refractivity contribution in [1.29, 1.82) is 0 Å². The van der Waals surface area contributed by atoms with Gasteiger partial charge in [-0.3, -0.25) is 0 Å². The van der Waals surface area contributed by atoms with Gasteiger partial charge in [0.25, 0.3) is 5.16 Å². The fourth-order valence-corrected chi connectivity index (χ4v) is 4.41. The van der Waals surface area contributed by atoms with Gasteiger partial charge in [0.1, 0.15) is 0 Å². The second-order valence-electron chi connectivity index (χ2n) is 6.29. The fraction of sp³-hybridized carbons (Fsp3) is 0.158. The molecule has 0 spiro atoms. The summed E-state index contributed by atoms with van der Waals surface area (Å²) in [5, 5.41) is 10.8. The first kappa shape index (κ1) is 18.1. The predicted molar refractivity (Wildman–Crippen MR) is 99.2 cm³/mol. The van der Waals surface area contributed by atoms with Gasteiger partial charge < -0.3 is 4.74 Å². The van der Waals surface area contributed by atoms with Gasteiger partial charge in [-0.2, -0.15) is 4.68 Å². The van der Waals surface area contributed by atoms with Crippen LogP contribution < -0.4 is 0 Å². The summed E-state index contributed by atoms with van der Waals surface area (Å²) >= 11 is 0. The van der Waals surface area contributed by atoms with Gasteiger partial charge in [0.2, 0.25) is 9.84 Å². The molecule has 142 valence electrons. The summed E-state index contributed by atoms with van der Waals surface area (Å²) < 4.78 is 32.6. The number of carbonyl (C=O) groups excluding carboxylic acids is 1. The maximum absolute atomic E-state index is 13.0. The van der Waals surface area contributed by atoms with Crippen LogP contribution in [0.3, 0.4) is 0 Å². The largest absolute Gasteiger partial charge is 0.447 e. The number of ether oxygens (including phenoxy) is 1. The van der Waals surface area contributed by atoms with Crippen LogP contribution >= 0.6 is 0 Å². The fourth-order valence-electron chi connectivity index (χ4n) is 3.09. The van der Waals surface area contributed by atoms with E-state index in [0.717, 1.165) is 0 Å². The van der Waals surface area contributed by atoms with Gasteiger partial charge in [0.05, 0.1) is 11.4 Å². The number of cyclic esters (lactones) is 1. The highest BCUT2D eigenvalue weighted by Gasteiger charge is 2.39. The van der Waals surface area contributed by atoms with Gasteiger partial charge in [-0.15, -0.1) is 0 Å². The summed E-state index contributed by atoms with van der Waals surface area (Å²) in [7, 11) is -3.85. The summed E-state index contributed by atoms with van der Waals surface area (Å²) in [5.74, 6) is -0.803. The van der Waals surface area contributed by atoms with E-state index in [1.807, 2.05) is 24.3 Å². The van der Waals surface area contributed by atoms with Gasteiger partial charge in [-0.25, -0.2) is 13.2 Å². The summed E-state index contributed by atoms with van der Waals surface area (Å²) in [6, 6.07) is 17.8. The van der Waals surface area contributed by atoms with Gasteiger partial charge in [0, 0.05) is 12.5 Å². The molecule has 0 bridgehead atoms. The van der Waals surface area contributed by atoms with Crippen LogP contribution in [0.5, 0.6) is 0 Å². The van der Waals surface area contributed by atoms with Crippen molar-refractivity contribution >= 4 is 15.8 Å². The minimum absolute atomic E-state index is 0.0449. The number of hydrogen-bond acceptors (Lipinski definition) is 7. The van der Waals surface area contributed by atoms with Crippen molar-refractivity contribution in [2.24, 2.45) is 0 Å². The maximum Gasteiger partial charge on any atom is 0.331 e. The number of nitrogens with zero attached hydrogens (tertiary/aromatic N) is 4. The van der Waals surface area contributed by atoms with Crippen molar-refractivity contribution in [1.82, 2.24) is 20.2 Å². The molecular weight excluding hydrogens is 380 g/mol. The monoisotopic (exact) mass is 396 g/mol. The zero-order valence-corrected chi connectivity index (χ0v) is 15.5. The number of esters is 1. The Morgan fingerprint density at radius 2 is 1.68 bits per heavy atom. The maximum atomic E-state index is 13.0. The van der Waals surface area contributed by atoms with E-state index < -0.39 is 21.4 Å². The van der Waals surface area contributed by atoms with Crippen molar-refractivity contribution in [2.75, 3.05) is 5.75 Å². The SMILES string of the molecule is O=C1C=C[C@](CCS(=O)(=O)c2nnnn2-c2ccccc2)(c2ccccc2)O1. The molecule has 28 heavy (non-hydrogen) atoms. The number of aromatic nitrogens is 4. The van der Waals surface area contributed by atoms with Crippen molar-refractivity contribution < 1.29 is 17.9 Å². The summed E-state index contributed by atoms with van der Waals surface area (Å²) in [6.45, 7) is 0. The highest BCUT2D eigenvalue weighted by molar-refractivity contribution is 7.91. The van der Waals surface area contributed by atoms with Crippen LogP contribution in [0.25, 0.3) is 5.69 Å². The normalized spacial score (nSPS) is 18.9. The van der Waals surface area contributed by atoms with E-state index in [1.54, 1.807) is 42.5 Å². The van der Waals surface area contributed by atoms with Crippen molar-refractivity contribution in [3.63, 3.8) is 0 Å². The number of rotatable bonds is 6. The van der Waals surface area contributed by atoms with E-state index in [4.69, 9.17) is 4.74 Å². The van der Waals surface area contributed by atoms with Crippen LogP contribution in [0.2, 0.25) is 0 Å².